The van der Waals surface area contributed by atoms with Crippen molar-refractivity contribution in [1.29, 1.82) is 0 Å². The van der Waals surface area contributed by atoms with E-state index in [1.807, 2.05) is 24.3 Å². The Morgan fingerprint density at radius 1 is 0.829 bits per heavy atom. The van der Waals surface area contributed by atoms with E-state index in [4.69, 9.17) is 0 Å². The van der Waals surface area contributed by atoms with Crippen molar-refractivity contribution in [2.75, 3.05) is 10.6 Å². The molecule has 4 aromatic rings. The Bertz CT molecular complexity index is 1580. The zero-order chi connectivity index (χ0) is 29.4. The maximum Gasteiger partial charge on any atom is 0.272 e. The van der Waals surface area contributed by atoms with Gasteiger partial charge in [0.15, 0.2) is 0 Å². The van der Waals surface area contributed by atoms with Crippen LogP contribution in [0.4, 0.5) is 15.8 Å². The highest BCUT2D eigenvalue weighted by molar-refractivity contribution is 9.10. The fraction of sp³-hybridized carbons (Fsp3) is 0.0645. The molecule has 4 aromatic carbocycles. The first kappa shape index (κ1) is 30.2. The summed E-state index contributed by atoms with van der Waals surface area (Å²) in [5.41, 5.74) is 1.84. The summed E-state index contributed by atoms with van der Waals surface area (Å²) < 4.78 is 15.6. The number of carbonyl (C=O) groups is 3. The molecule has 41 heavy (non-hydrogen) atoms. The van der Waals surface area contributed by atoms with Crippen LogP contribution in [0.3, 0.4) is 0 Å². The highest BCUT2D eigenvalue weighted by Gasteiger charge is 2.18. The minimum absolute atomic E-state index is 0.0742. The van der Waals surface area contributed by atoms with E-state index in [1.54, 1.807) is 73.7 Å². The van der Waals surface area contributed by atoms with Crippen LogP contribution in [0.2, 0.25) is 0 Å². The van der Waals surface area contributed by atoms with Gasteiger partial charge in [0.05, 0.1) is 10.9 Å². The molecule has 0 fully saturated rings. The summed E-state index contributed by atoms with van der Waals surface area (Å²) in [6.07, 6.45) is 1.60. The van der Waals surface area contributed by atoms with Gasteiger partial charge in [-0.25, -0.2) is 4.39 Å². The van der Waals surface area contributed by atoms with E-state index in [-0.39, 0.29) is 17.3 Å². The van der Waals surface area contributed by atoms with Crippen LogP contribution in [0, 0.1) is 5.82 Å². The minimum atomic E-state index is -0.529. The van der Waals surface area contributed by atoms with Crippen molar-refractivity contribution in [2.45, 2.75) is 17.1 Å². The number of hydrogen-bond acceptors (Lipinski definition) is 4. The Morgan fingerprint density at radius 2 is 1.49 bits per heavy atom. The van der Waals surface area contributed by atoms with E-state index in [0.29, 0.717) is 15.7 Å². The van der Waals surface area contributed by atoms with Gasteiger partial charge in [-0.2, -0.15) is 0 Å². The number of anilines is 2. The number of thioether (sulfide) groups is 1. The first-order valence-corrected chi connectivity index (χ1v) is 14.8. The van der Waals surface area contributed by atoms with Crippen molar-refractivity contribution in [1.82, 2.24) is 5.32 Å². The van der Waals surface area contributed by atoms with Crippen LogP contribution in [0.5, 0.6) is 0 Å². The van der Waals surface area contributed by atoms with Crippen LogP contribution in [-0.2, 0) is 9.59 Å². The Balaban J connectivity index is 1.42. The third kappa shape index (κ3) is 8.88. The molecule has 0 radical (unpaired) electrons. The molecule has 0 saturated heterocycles. The van der Waals surface area contributed by atoms with Gasteiger partial charge in [-0.05, 0) is 85.3 Å². The fourth-order valence-corrected chi connectivity index (χ4v) is 5.03. The van der Waals surface area contributed by atoms with Gasteiger partial charge < -0.3 is 16.0 Å². The van der Waals surface area contributed by atoms with Crippen LogP contribution in [0.25, 0.3) is 6.08 Å². The number of nitrogens with one attached hydrogen (secondary N) is 3. The number of carbonyl (C=O) groups excluding carboxylic acids is 3. The largest absolute Gasteiger partial charge is 0.323 e. The molecule has 0 spiro atoms. The van der Waals surface area contributed by atoms with Crippen LogP contribution >= 0.6 is 43.6 Å². The molecule has 6 nitrogen and oxygen atoms in total. The monoisotopic (exact) mass is 695 g/mol. The molecule has 0 aliphatic rings. The molecule has 1 atom stereocenters. The molecule has 0 aliphatic carbocycles. The number of amides is 3. The maximum atomic E-state index is 14.1. The predicted molar refractivity (Wildman–Crippen MR) is 169 cm³/mol. The normalized spacial score (nSPS) is 11.9. The van der Waals surface area contributed by atoms with Gasteiger partial charge in [0.25, 0.3) is 11.8 Å². The number of benzene rings is 4. The number of hydrogen-bond donors (Lipinski definition) is 3. The van der Waals surface area contributed by atoms with E-state index in [1.165, 1.54) is 23.9 Å². The van der Waals surface area contributed by atoms with Gasteiger partial charge in [0.1, 0.15) is 11.5 Å². The van der Waals surface area contributed by atoms with E-state index in [0.717, 1.165) is 14.9 Å². The van der Waals surface area contributed by atoms with Crippen LogP contribution in [0.1, 0.15) is 22.8 Å². The SMILES string of the molecule is CC(Sc1ccc(NC(=O)/C(=C/c2ccc(Br)cc2)NC(=O)c2ccccc2)cc1)C(=O)Nc1ccc(Br)cc1F. The van der Waals surface area contributed by atoms with E-state index in [9.17, 15) is 18.8 Å². The zero-order valence-electron chi connectivity index (χ0n) is 21.7. The minimum Gasteiger partial charge on any atom is -0.323 e. The predicted octanol–water partition coefficient (Wildman–Crippen LogP) is 7.88. The highest BCUT2D eigenvalue weighted by Crippen LogP contribution is 2.27. The summed E-state index contributed by atoms with van der Waals surface area (Å²) in [6, 6.07) is 27.3. The summed E-state index contributed by atoms with van der Waals surface area (Å²) in [6.45, 7) is 1.72. The van der Waals surface area contributed by atoms with Crippen LogP contribution < -0.4 is 16.0 Å². The lowest BCUT2D eigenvalue weighted by atomic mass is 10.1. The highest BCUT2D eigenvalue weighted by atomic mass is 79.9. The third-order valence-corrected chi connectivity index (χ3v) is 7.83. The van der Waals surface area contributed by atoms with Crippen molar-refractivity contribution >= 4 is 78.8 Å². The van der Waals surface area contributed by atoms with Crippen molar-refractivity contribution < 1.29 is 18.8 Å². The molecule has 10 heteroatoms. The maximum absolute atomic E-state index is 14.1. The number of rotatable bonds is 9. The Labute approximate surface area is 258 Å². The van der Waals surface area contributed by atoms with Crippen molar-refractivity contribution in [3.63, 3.8) is 0 Å². The second-order valence-electron chi connectivity index (χ2n) is 8.78. The molecule has 0 heterocycles. The molecule has 0 aliphatic heterocycles. The Kier molecular flexibility index (Phi) is 10.5. The summed E-state index contributed by atoms with van der Waals surface area (Å²) in [4.78, 5) is 39.4. The second kappa shape index (κ2) is 14.2. The number of halogens is 3. The summed E-state index contributed by atoms with van der Waals surface area (Å²) >= 11 is 7.88. The average Bonchev–Trinajstić information content (AvgIpc) is 2.96. The quantitative estimate of drug-likeness (QED) is 0.123. The van der Waals surface area contributed by atoms with Gasteiger partial charge in [0.2, 0.25) is 5.91 Å². The molecule has 1 unspecified atom stereocenters. The summed E-state index contributed by atoms with van der Waals surface area (Å²) in [5, 5.41) is 7.62. The lowest BCUT2D eigenvalue weighted by Crippen LogP contribution is -2.30. The second-order valence-corrected chi connectivity index (χ2v) is 12.0. The van der Waals surface area contributed by atoms with Gasteiger partial charge in [0, 0.05) is 25.1 Å². The fourth-order valence-electron chi connectivity index (χ4n) is 3.57. The van der Waals surface area contributed by atoms with Crippen molar-refractivity contribution in [3.05, 3.63) is 129 Å². The molecule has 0 aromatic heterocycles. The molecule has 3 N–H and O–H groups in total. The molecular formula is C31H24Br2FN3O3S. The average molecular weight is 697 g/mol. The van der Waals surface area contributed by atoms with Gasteiger partial charge in [-0.1, -0.05) is 62.2 Å². The molecule has 0 saturated carbocycles. The van der Waals surface area contributed by atoms with Crippen LogP contribution in [-0.4, -0.2) is 23.0 Å². The smallest absolute Gasteiger partial charge is 0.272 e. The van der Waals surface area contributed by atoms with Crippen LogP contribution in [0.15, 0.2) is 117 Å². The first-order chi connectivity index (χ1) is 19.7. The molecule has 3 amide bonds. The van der Waals surface area contributed by atoms with Crippen molar-refractivity contribution in [3.8, 4) is 0 Å². The lowest BCUT2D eigenvalue weighted by Gasteiger charge is -2.14. The molecule has 0 bridgehead atoms. The van der Waals surface area contributed by atoms with Gasteiger partial charge >= 0.3 is 0 Å². The van der Waals surface area contributed by atoms with Crippen molar-refractivity contribution in [2.24, 2.45) is 0 Å². The first-order valence-electron chi connectivity index (χ1n) is 12.4. The summed E-state index contributed by atoms with van der Waals surface area (Å²) in [5.74, 6) is -1.78. The molecule has 4 rings (SSSR count). The standard InChI is InChI=1S/C31H24Br2FN3O3S/c1-19(29(38)36-27-16-11-23(33)18-26(27)34)41-25-14-12-24(13-15-25)35-31(40)28(17-20-7-9-22(32)10-8-20)37-30(39)21-5-3-2-4-6-21/h2-19H,1H3,(H,35,40)(H,36,38)(H,37,39)/b28-17-. The lowest BCUT2D eigenvalue weighted by molar-refractivity contribution is -0.115. The van der Waals surface area contributed by atoms with E-state index >= 15 is 0 Å². The van der Waals surface area contributed by atoms with Gasteiger partial charge in [-0.3, -0.25) is 14.4 Å². The van der Waals surface area contributed by atoms with Gasteiger partial charge in [-0.15, -0.1) is 11.8 Å². The molecule has 208 valence electrons. The summed E-state index contributed by atoms with van der Waals surface area (Å²) in [7, 11) is 0. The Hall–Kier alpha value is -3.73. The Morgan fingerprint density at radius 3 is 2.15 bits per heavy atom. The topological polar surface area (TPSA) is 87.3 Å². The third-order valence-electron chi connectivity index (χ3n) is 5.69. The van der Waals surface area contributed by atoms with E-state index < -0.39 is 22.9 Å². The van der Waals surface area contributed by atoms with E-state index in [2.05, 4.69) is 47.8 Å². The zero-order valence-corrected chi connectivity index (χ0v) is 25.6. The molecular weight excluding hydrogens is 673 g/mol.